The molecule has 0 saturated carbocycles. The number of carbonyl (C=O) groups excluding carboxylic acids is 1. The number of aromatic nitrogens is 1. The summed E-state index contributed by atoms with van der Waals surface area (Å²) in [6.45, 7) is 5.47. The maximum Gasteiger partial charge on any atom is 0.352 e. The third kappa shape index (κ3) is 5.94. The molecule has 0 spiro atoms. The lowest BCUT2D eigenvalue weighted by Gasteiger charge is -2.22. The Morgan fingerprint density at radius 2 is 1.78 bits per heavy atom. The van der Waals surface area contributed by atoms with Crippen LogP contribution in [0.15, 0.2) is 60.8 Å². The number of hydrogen-bond acceptors (Lipinski definition) is 4. The molecule has 2 aromatic rings. The molecular weight excluding hydrogens is 290 g/mol. The summed E-state index contributed by atoms with van der Waals surface area (Å²) in [6.07, 6.45) is 4.27. The van der Waals surface area contributed by atoms with E-state index in [1.165, 1.54) is 0 Å². The molecule has 0 aliphatic carbocycles. The van der Waals surface area contributed by atoms with Crippen LogP contribution in [0.3, 0.4) is 0 Å². The van der Waals surface area contributed by atoms with Gasteiger partial charge in [-0.05, 0) is 38.5 Å². The molecule has 4 nitrogen and oxygen atoms in total. The number of esters is 1. The molecule has 0 fully saturated rings. The molecule has 0 saturated heterocycles. The Kier molecular flexibility index (Phi) is 5.52. The molecule has 0 radical (unpaired) electrons. The molecular formula is C19H21NO3. The van der Waals surface area contributed by atoms with Gasteiger partial charge in [0.25, 0.3) is 0 Å². The zero-order valence-corrected chi connectivity index (χ0v) is 13.6. The Bertz CT molecular complexity index is 645. The topological polar surface area (TPSA) is 48.4 Å². The predicted molar refractivity (Wildman–Crippen MR) is 90.0 cm³/mol. The highest BCUT2D eigenvalue weighted by Crippen LogP contribution is 2.14. The maximum atomic E-state index is 12.4. The molecule has 0 aliphatic heterocycles. The second kappa shape index (κ2) is 7.58. The van der Waals surface area contributed by atoms with Crippen LogP contribution >= 0.6 is 0 Å². The number of pyridine rings is 1. The van der Waals surface area contributed by atoms with E-state index in [-0.39, 0.29) is 0 Å². The van der Waals surface area contributed by atoms with Crippen LogP contribution in [0.2, 0.25) is 0 Å². The highest BCUT2D eigenvalue weighted by molar-refractivity contribution is 5.79. The third-order valence-corrected chi connectivity index (χ3v) is 2.79. The van der Waals surface area contributed by atoms with Gasteiger partial charge in [-0.15, -0.1) is 0 Å². The first-order valence-electron chi connectivity index (χ1n) is 7.48. The fraction of sp³-hybridized carbons (Fsp3) is 0.263. The zero-order chi connectivity index (χ0) is 16.7. The van der Waals surface area contributed by atoms with E-state index in [4.69, 9.17) is 9.47 Å². The first kappa shape index (κ1) is 16.7. The number of benzene rings is 1. The van der Waals surface area contributed by atoms with Gasteiger partial charge in [0.1, 0.15) is 5.60 Å². The summed E-state index contributed by atoms with van der Waals surface area (Å²) in [4.78, 5) is 16.4. The fourth-order valence-corrected chi connectivity index (χ4v) is 1.84. The van der Waals surface area contributed by atoms with E-state index in [0.29, 0.717) is 5.88 Å². The van der Waals surface area contributed by atoms with Crippen LogP contribution < -0.4 is 4.74 Å². The lowest BCUT2D eigenvalue weighted by atomic mass is 10.1. The number of ether oxygens (including phenoxy) is 2. The quantitative estimate of drug-likeness (QED) is 0.786. The Morgan fingerprint density at radius 3 is 2.39 bits per heavy atom. The number of rotatable bonds is 5. The van der Waals surface area contributed by atoms with Gasteiger partial charge in [0.2, 0.25) is 12.0 Å². The Morgan fingerprint density at radius 1 is 1.09 bits per heavy atom. The predicted octanol–water partition coefficient (Wildman–Crippen LogP) is 3.88. The number of hydrogen-bond donors (Lipinski definition) is 0. The van der Waals surface area contributed by atoms with Crippen molar-refractivity contribution in [3.8, 4) is 5.88 Å². The summed E-state index contributed by atoms with van der Waals surface area (Å²) in [6, 6.07) is 15.0. The average molecular weight is 311 g/mol. The summed E-state index contributed by atoms with van der Waals surface area (Å²) in [7, 11) is 0. The molecule has 1 aromatic heterocycles. The lowest BCUT2D eigenvalue weighted by Crippen LogP contribution is -2.34. The molecule has 2 rings (SSSR count). The normalized spacial score (nSPS) is 12.8. The van der Waals surface area contributed by atoms with Crippen molar-refractivity contribution in [3.05, 3.63) is 66.4 Å². The molecule has 0 unspecified atom stereocenters. The number of carbonyl (C=O) groups is 1. The number of nitrogens with zero attached hydrogens (tertiary/aromatic N) is 1. The maximum absolute atomic E-state index is 12.4. The molecule has 120 valence electrons. The van der Waals surface area contributed by atoms with E-state index < -0.39 is 17.7 Å². The second-order valence-electron chi connectivity index (χ2n) is 6.01. The van der Waals surface area contributed by atoms with Crippen molar-refractivity contribution in [2.45, 2.75) is 32.5 Å². The van der Waals surface area contributed by atoms with Crippen molar-refractivity contribution in [2.75, 3.05) is 0 Å². The van der Waals surface area contributed by atoms with E-state index in [9.17, 15) is 4.79 Å². The Hall–Kier alpha value is -2.62. The minimum absolute atomic E-state index is 0.376. The van der Waals surface area contributed by atoms with E-state index in [0.717, 1.165) is 5.56 Å². The first-order chi connectivity index (χ1) is 10.9. The minimum atomic E-state index is -0.857. The van der Waals surface area contributed by atoms with Gasteiger partial charge in [0, 0.05) is 12.3 Å². The van der Waals surface area contributed by atoms with Gasteiger partial charge in [0.05, 0.1) is 0 Å². The average Bonchev–Trinajstić information content (AvgIpc) is 2.51. The van der Waals surface area contributed by atoms with Crippen molar-refractivity contribution >= 4 is 12.0 Å². The van der Waals surface area contributed by atoms with Gasteiger partial charge >= 0.3 is 5.97 Å². The summed E-state index contributed by atoms with van der Waals surface area (Å²) in [5.74, 6) is -0.0728. The Labute approximate surface area is 136 Å². The summed E-state index contributed by atoms with van der Waals surface area (Å²) >= 11 is 0. The van der Waals surface area contributed by atoms with Gasteiger partial charge in [0.15, 0.2) is 0 Å². The summed E-state index contributed by atoms with van der Waals surface area (Å²) in [5, 5.41) is 0. The van der Waals surface area contributed by atoms with Crippen molar-refractivity contribution in [3.63, 3.8) is 0 Å². The van der Waals surface area contributed by atoms with Crippen LogP contribution in [0.5, 0.6) is 5.88 Å². The van der Waals surface area contributed by atoms with Crippen LogP contribution in [0.25, 0.3) is 6.08 Å². The van der Waals surface area contributed by atoms with Crippen molar-refractivity contribution < 1.29 is 14.3 Å². The zero-order valence-electron chi connectivity index (χ0n) is 13.6. The summed E-state index contributed by atoms with van der Waals surface area (Å²) in [5.41, 5.74) is 0.398. The van der Waals surface area contributed by atoms with Gasteiger partial charge < -0.3 is 9.47 Å². The largest absolute Gasteiger partial charge is 0.458 e. The fourth-order valence-electron chi connectivity index (χ4n) is 1.84. The standard InChI is InChI=1S/C19H21NO3/c1-19(2,3)23-18(21)16(22-17-11-7-8-14-20-17)13-12-15-9-5-4-6-10-15/h4-14,16H,1-3H3/b13-12+/t16-/m0/s1. The van der Waals surface area contributed by atoms with Crippen LogP contribution in [0.4, 0.5) is 0 Å². The van der Waals surface area contributed by atoms with Crippen molar-refractivity contribution in [1.29, 1.82) is 0 Å². The molecule has 0 amide bonds. The Balaban J connectivity index is 2.17. The molecule has 23 heavy (non-hydrogen) atoms. The van der Waals surface area contributed by atoms with Crippen LogP contribution in [0, 0.1) is 0 Å². The smallest absolute Gasteiger partial charge is 0.352 e. The third-order valence-electron chi connectivity index (χ3n) is 2.79. The van der Waals surface area contributed by atoms with Gasteiger partial charge in [-0.2, -0.15) is 0 Å². The van der Waals surface area contributed by atoms with E-state index >= 15 is 0 Å². The van der Waals surface area contributed by atoms with E-state index in [1.807, 2.05) is 57.2 Å². The second-order valence-corrected chi connectivity index (χ2v) is 6.01. The minimum Gasteiger partial charge on any atom is -0.458 e. The van der Waals surface area contributed by atoms with Gasteiger partial charge in [-0.25, -0.2) is 9.78 Å². The molecule has 0 aliphatic rings. The van der Waals surface area contributed by atoms with Gasteiger partial charge in [-0.1, -0.05) is 42.5 Å². The summed E-state index contributed by atoms with van der Waals surface area (Å²) < 4.78 is 11.1. The van der Waals surface area contributed by atoms with Crippen LogP contribution in [-0.4, -0.2) is 22.7 Å². The molecule has 0 N–H and O–H groups in total. The molecule has 1 aromatic carbocycles. The SMILES string of the molecule is CC(C)(C)OC(=O)[C@H](/C=C/c1ccccc1)Oc1ccccn1. The van der Waals surface area contributed by atoms with Gasteiger partial charge in [-0.3, -0.25) is 0 Å². The van der Waals surface area contributed by atoms with E-state index in [1.54, 1.807) is 30.5 Å². The molecule has 1 heterocycles. The monoisotopic (exact) mass is 311 g/mol. The molecule has 4 heteroatoms. The van der Waals surface area contributed by atoms with Crippen molar-refractivity contribution in [2.24, 2.45) is 0 Å². The lowest BCUT2D eigenvalue weighted by molar-refractivity contribution is -0.161. The first-order valence-corrected chi connectivity index (χ1v) is 7.48. The molecule has 0 bridgehead atoms. The van der Waals surface area contributed by atoms with Crippen molar-refractivity contribution in [1.82, 2.24) is 4.98 Å². The van der Waals surface area contributed by atoms with Crippen LogP contribution in [-0.2, 0) is 9.53 Å². The molecule has 1 atom stereocenters. The highest BCUT2D eigenvalue weighted by Gasteiger charge is 2.25. The highest BCUT2D eigenvalue weighted by atomic mass is 16.6. The van der Waals surface area contributed by atoms with Crippen LogP contribution in [0.1, 0.15) is 26.3 Å². The van der Waals surface area contributed by atoms with E-state index in [2.05, 4.69) is 4.98 Å².